The third kappa shape index (κ3) is 5.43. The molecule has 1 heterocycles. The highest BCUT2D eigenvalue weighted by Gasteiger charge is 2.29. The summed E-state index contributed by atoms with van der Waals surface area (Å²) in [7, 11) is 0. The Morgan fingerprint density at radius 1 is 0.966 bits per heavy atom. The molecule has 1 fully saturated rings. The van der Waals surface area contributed by atoms with Gasteiger partial charge in [-0.2, -0.15) is 13.2 Å². The second-order valence-electron chi connectivity index (χ2n) is 7.30. The summed E-state index contributed by atoms with van der Waals surface area (Å²) in [4.78, 5) is 16.8. The minimum Gasteiger partial charge on any atom is -0.484 e. The van der Waals surface area contributed by atoms with Crippen molar-refractivity contribution in [1.82, 2.24) is 4.90 Å². The topological polar surface area (TPSA) is 32.8 Å². The number of halogens is 3. The third-order valence-electron chi connectivity index (χ3n) is 5.09. The standard InChI is InChI=1S/C22H25F3N2O2/c1-16-6-5-7-17(2)21(16)27-12-10-26(11-13-27)20(28)14-18-8-3-4-9-19(18)29-15-22(23,24)25/h3-9H,10-15H2,1-2H3. The number of nitrogens with zero attached hydrogens (tertiary/aromatic N) is 2. The van der Waals surface area contributed by atoms with Gasteiger partial charge in [0.25, 0.3) is 0 Å². The number of alkyl halides is 3. The molecule has 7 heteroatoms. The first kappa shape index (κ1) is 21.0. The van der Waals surface area contributed by atoms with E-state index in [2.05, 4.69) is 30.9 Å². The van der Waals surface area contributed by atoms with E-state index in [0.717, 1.165) is 13.1 Å². The Kier molecular flexibility index (Phi) is 6.35. The number of amides is 1. The number of benzene rings is 2. The first-order valence-electron chi connectivity index (χ1n) is 9.61. The summed E-state index contributed by atoms with van der Waals surface area (Å²) in [5, 5.41) is 0. The average molecular weight is 406 g/mol. The van der Waals surface area contributed by atoms with Crippen molar-refractivity contribution in [2.45, 2.75) is 26.4 Å². The number of carbonyl (C=O) groups excluding carboxylic acids is 1. The molecule has 0 bridgehead atoms. The molecule has 156 valence electrons. The van der Waals surface area contributed by atoms with Crippen LogP contribution in [-0.4, -0.2) is 49.8 Å². The molecule has 0 radical (unpaired) electrons. The third-order valence-corrected chi connectivity index (χ3v) is 5.09. The normalized spacial score (nSPS) is 14.8. The molecule has 29 heavy (non-hydrogen) atoms. The number of carbonyl (C=O) groups is 1. The van der Waals surface area contributed by atoms with Gasteiger partial charge in [-0.1, -0.05) is 36.4 Å². The van der Waals surface area contributed by atoms with Crippen molar-refractivity contribution in [2.75, 3.05) is 37.7 Å². The zero-order valence-electron chi connectivity index (χ0n) is 16.6. The number of aryl methyl sites for hydroxylation is 2. The van der Waals surface area contributed by atoms with Crippen LogP contribution in [0, 0.1) is 13.8 Å². The first-order chi connectivity index (χ1) is 13.7. The maximum Gasteiger partial charge on any atom is 0.422 e. The van der Waals surface area contributed by atoms with E-state index in [1.54, 1.807) is 23.1 Å². The van der Waals surface area contributed by atoms with Crippen molar-refractivity contribution in [3.05, 3.63) is 59.2 Å². The Labute approximate surface area is 168 Å². The highest BCUT2D eigenvalue weighted by Crippen LogP contribution is 2.26. The maximum atomic E-state index is 12.7. The fourth-order valence-electron chi connectivity index (χ4n) is 3.71. The lowest BCUT2D eigenvalue weighted by atomic mass is 10.1. The van der Waals surface area contributed by atoms with Gasteiger partial charge in [-0.25, -0.2) is 0 Å². The van der Waals surface area contributed by atoms with Gasteiger partial charge in [0.2, 0.25) is 5.91 Å². The number of anilines is 1. The Morgan fingerprint density at radius 2 is 1.59 bits per heavy atom. The van der Waals surface area contributed by atoms with E-state index in [1.165, 1.54) is 22.9 Å². The molecule has 0 saturated carbocycles. The van der Waals surface area contributed by atoms with Crippen molar-refractivity contribution in [1.29, 1.82) is 0 Å². The van der Waals surface area contributed by atoms with Gasteiger partial charge in [-0.3, -0.25) is 4.79 Å². The van der Waals surface area contributed by atoms with E-state index in [-0.39, 0.29) is 18.1 Å². The van der Waals surface area contributed by atoms with Crippen LogP contribution >= 0.6 is 0 Å². The van der Waals surface area contributed by atoms with Gasteiger partial charge in [0.05, 0.1) is 6.42 Å². The van der Waals surface area contributed by atoms with Gasteiger partial charge < -0.3 is 14.5 Å². The molecule has 0 aromatic heterocycles. The fraction of sp³-hybridized carbons (Fsp3) is 0.409. The minimum absolute atomic E-state index is 0.0252. The second kappa shape index (κ2) is 8.76. The summed E-state index contributed by atoms with van der Waals surface area (Å²) in [6.45, 7) is 5.41. The Morgan fingerprint density at radius 3 is 2.21 bits per heavy atom. The lowest BCUT2D eigenvalue weighted by Gasteiger charge is -2.37. The molecule has 0 N–H and O–H groups in total. The van der Waals surface area contributed by atoms with Crippen LogP contribution in [0.15, 0.2) is 42.5 Å². The van der Waals surface area contributed by atoms with Crippen LogP contribution in [0.25, 0.3) is 0 Å². The highest BCUT2D eigenvalue weighted by molar-refractivity contribution is 5.80. The molecular weight excluding hydrogens is 381 g/mol. The van der Waals surface area contributed by atoms with Crippen molar-refractivity contribution in [2.24, 2.45) is 0 Å². The predicted molar refractivity (Wildman–Crippen MR) is 106 cm³/mol. The molecule has 0 aliphatic carbocycles. The molecular formula is C22H25F3N2O2. The van der Waals surface area contributed by atoms with Crippen LogP contribution in [0.3, 0.4) is 0 Å². The number of piperazine rings is 1. The molecule has 0 spiro atoms. The van der Waals surface area contributed by atoms with Crippen LogP contribution in [-0.2, 0) is 11.2 Å². The molecule has 0 atom stereocenters. The Balaban J connectivity index is 1.61. The van der Waals surface area contributed by atoms with E-state index < -0.39 is 12.8 Å². The van der Waals surface area contributed by atoms with E-state index in [0.29, 0.717) is 18.7 Å². The van der Waals surface area contributed by atoms with Crippen LogP contribution in [0.1, 0.15) is 16.7 Å². The van der Waals surface area contributed by atoms with Crippen molar-refractivity contribution in [3.8, 4) is 5.75 Å². The van der Waals surface area contributed by atoms with Crippen LogP contribution < -0.4 is 9.64 Å². The molecule has 1 amide bonds. The van der Waals surface area contributed by atoms with Crippen molar-refractivity contribution >= 4 is 11.6 Å². The van der Waals surface area contributed by atoms with Crippen molar-refractivity contribution in [3.63, 3.8) is 0 Å². The summed E-state index contributed by atoms with van der Waals surface area (Å²) in [5.74, 6) is 0.00144. The molecule has 3 rings (SSSR count). The SMILES string of the molecule is Cc1cccc(C)c1N1CCN(C(=O)Cc2ccccc2OCC(F)(F)F)CC1. The number of hydrogen-bond acceptors (Lipinski definition) is 3. The molecule has 4 nitrogen and oxygen atoms in total. The van der Waals surface area contributed by atoms with E-state index in [1.807, 2.05) is 6.07 Å². The van der Waals surface area contributed by atoms with E-state index >= 15 is 0 Å². The van der Waals surface area contributed by atoms with Gasteiger partial charge in [-0.05, 0) is 31.0 Å². The molecule has 1 saturated heterocycles. The zero-order valence-corrected chi connectivity index (χ0v) is 16.6. The smallest absolute Gasteiger partial charge is 0.422 e. The zero-order chi connectivity index (χ0) is 21.0. The second-order valence-corrected chi connectivity index (χ2v) is 7.30. The lowest BCUT2D eigenvalue weighted by molar-refractivity contribution is -0.153. The lowest BCUT2D eigenvalue weighted by Crippen LogP contribution is -2.49. The maximum absolute atomic E-state index is 12.7. The van der Waals surface area contributed by atoms with Gasteiger partial charge in [-0.15, -0.1) is 0 Å². The first-order valence-corrected chi connectivity index (χ1v) is 9.61. The van der Waals surface area contributed by atoms with Gasteiger partial charge in [0, 0.05) is 37.4 Å². The molecule has 2 aromatic rings. The summed E-state index contributed by atoms with van der Waals surface area (Å²) in [6.07, 6.45) is -4.39. The molecule has 0 unspecified atom stereocenters. The number of ether oxygens (including phenoxy) is 1. The fourth-order valence-corrected chi connectivity index (χ4v) is 3.71. The summed E-state index contributed by atoms with van der Waals surface area (Å²) in [6, 6.07) is 12.6. The van der Waals surface area contributed by atoms with E-state index in [4.69, 9.17) is 4.74 Å². The number of para-hydroxylation sites is 2. The summed E-state index contributed by atoms with van der Waals surface area (Å²) >= 11 is 0. The molecule has 1 aliphatic rings. The van der Waals surface area contributed by atoms with Gasteiger partial charge >= 0.3 is 6.18 Å². The molecule has 2 aromatic carbocycles. The van der Waals surface area contributed by atoms with Crippen LogP contribution in [0.4, 0.5) is 18.9 Å². The Bertz CT molecular complexity index is 839. The number of rotatable bonds is 5. The summed E-state index contributed by atoms with van der Waals surface area (Å²) in [5.41, 5.74) is 4.10. The highest BCUT2D eigenvalue weighted by atomic mass is 19.4. The molecule has 1 aliphatic heterocycles. The minimum atomic E-state index is -4.42. The van der Waals surface area contributed by atoms with Gasteiger partial charge in [0.15, 0.2) is 6.61 Å². The summed E-state index contributed by atoms with van der Waals surface area (Å²) < 4.78 is 42.3. The van der Waals surface area contributed by atoms with Crippen molar-refractivity contribution < 1.29 is 22.7 Å². The average Bonchev–Trinajstić information content (AvgIpc) is 2.67. The Hall–Kier alpha value is -2.70. The largest absolute Gasteiger partial charge is 0.484 e. The number of hydrogen-bond donors (Lipinski definition) is 0. The quantitative estimate of drug-likeness (QED) is 0.748. The van der Waals surface area contributed by atoms with E-state index in [9.17, 15) is 18.0 Å². The van der Waals surface area contributed by atoms with Crippen LogP contribution in [0.2, 0.25) is 0 Å². The van der Waals surface area contributed by atoms with Gasteiger partial charge in [0.1, 0.15) is 5.75 Å². The van der Waals surface area contributed by atoms with Crippen LogP contribution in [0.5, 0.6) is 5.75 Å². The predicted octanol–water partition coefficient (Wildman–Crippen LogP) is 4.14. The monoisotopic (exact) mass is 406 g/mol.